The predicted octanol–water partition coefficient (Wildman–Crippen LogP) is 5.47. The number of hydrogen-bond acceptors (Lipinski definition) is 2. The Hall–Kier alpha value is -1.51. The molecule has 1 heterocycles. The number of aliphatic carboxylic acids is 1. The molecule has 0 radical (unpaired) electrons. The second-order valence-corrected chi connectivity index (χ2v) is 7.59. The molecule has 0 aromatic carbocycles. The number of carboxylic acids is 1. The highest BCUT2D eigenvalue weighted by Crippen LogP contribution is 2.53. The summed E-state index contributed by atoms with van der Waals surface area (Å²) in [4.78, 5) is 11.1. The first kappa shape index (κ1) is 17.8. The van der Waals surface area contributed by atoms with Crippen molar-refractivity contribution >= 4 is 5.97 Å². The molecule has 3 unspecified atom stereocenters. The molecule has 1 N–H and O–H groups in total. The largest absolute Gasteiger partial charge is 0.481 e. The highest BCUT2D eigenvalue weighted by Gasteiger charge is 2.43. The van der Waals surface area contributed by atoms with Gasteiger partial charge in [0.15, 0.2) is 0 Å². The molecule has 3 heteroatoms. The lowest BCUT2D eigenvalue weighted by Crippen LogP contribution is -2.40. The van der Waals surface area contributed by atoms with Gasteiger partial charge in [0, 0.05) is 6.42 Å². The van der Waals surface area contributed by atoms with Crippen molar-refractivity contribution in [3.63, 3.8) is 0 Å². The van der Waals surface area contributed by atoms with E-state index in [1.54, 1.807) is 6.26 Å². The molecule has 2 rings (SSSR count). The van der Waals surface area contributed by atoms with E-state index in [1.807, 2.05) is 12.3 Å². The Morgan fingerprint density at radius 1 is 1.43 bits per heavy atom. The average molecular weight is 318 g/mol. The fourth-order valence-electron chi connectivity index (χ4n) is 4.26. The molecular formula is C20H30O3. The molecule has 1 aromatic heterocycles. The standard InChI is InChI=1S/C20H30O3/c1-14(2)17-6-5-15(3)20(4,18(17)7-8-19(21)22)11-9-16-10-12-23-13-16/h10,12-13,15,18H,5-9,11H2,1-4H3,(H,21,22). The number of furan rings is 1. The van der Waals surface area contributed by atoms with E-state index in [1.165, 1.54) is 23.1 Å². The molecule has 1 aliphatic carbocycles. The molecule has 1 fully saturated rings. The molecule has 128 valence electrons. The van der Waals surface area contributed by atoms with Crippen molar-refractivity contribution in [1.29, 1.82) is 0 Å². The van der Waals surface area contributed by atoms with E-state index in [9.17, 15) is 4.79 Å². The van der Waals surface area contributed by atoms with Crippen molar-refractivity contribution in [3.05, 3.63) is 35.3 Å². The lowest BCUT2D eigenvalue weighted by molar-refractivity contribution is -0.137. The van der Waals surface area contributed by atoms with Crippen LogP contribution in [0.3, 0.4) is 0 Å². The molecule has 0 bridgehead atoms. The topological polar surface area (TPSA) is 50.4 Å². The number of aryl methyl sites for hydroxylation is 1. The van der Waals surface area contributed by atoms with Crippen LogP contribution in [0.15, 0.2) is 34.2 Å². The van der Waals surface area contributed by atoms with Crippen LogP contribution in [0.2, 0.25) is 0 Å². The average Bonchev–Trinajstić information content (AvgIpc) is 2.99. The Labute approximate surface area is 139 Å². The molecule has 23 heavy (non-hydrogen) atoms. The zero-order valence-corrected chi connectivity index (χ0v) is 14.9. The molecule has 3 atom stereocenters. The van der Waals surface area contributed by atoms with Gasteiger partial charge in [0.1, 0.15) is 0 Å². The van der Waals surface area contributed by atoms with Crippen molar-refractivity contribution in [1.82, 2.24) is 0 Å². The highest BCUT2D eigenvalue weighted by atomic mass is 16.4. The minimum Gasteiger partial charge on any atom is -0.481 e. The van der Waals surface area contributed by atoms with Gasteiger partial charge >= 0.3 is 5.97 Å². The minimum absolute atomic E-state index is 0.150. The van der Waals surface area contributed by atoms with E-state index >= 15 is 0 Å². The summed E-state index contributed by atoms with van der Waals surface area (Å²) in [7, 11) is 0. The van der Waals surface area contributed by atoms with Crippen LogP contribution in [0.25, 0.3) is 0 Å². The summed E-state index contributed by atoms with van der Waals surface area (Å²) in [6.45, 7) is 9.06. The smallest absolute Gasteiger partial charge is 0.303 e. The fraction of sp³-hybridized carbons (Fsp3) is 0.650. The van der Waals surface area contributed by atoms with E-state index in [-0.39, 0.29) is 11.8 Å². The van der Waals surface area contributed by atoms with Crippen LogP contribution < -0.4 is 0 Å². The fourth-order valence-corrected chi connectivity index (χ4v) is 4.26. The molecule has 3 nitrogen and oxygen atoms in total. The molecule has 0 saturated heterocycles. The summed E-state index contributed by atoms with van der Waals surface area (Å²) in [5, 5.41) is 9.16. The van der Waals surface area contributed by atoms with E-state index in [4.69, 9.17) is 9.52 Å². The number of rotatable bonds is 6. The summed E-state index contributed by atoms with van der Waals surface area (Å²) in [6.07, 6.45) is 8.96. The van der Waals surface area contributed by atoms with Crippen LogP contribution >= 0.6 is 0 Å². The molecule has 1 aliphatic rings. The van der Waals surface area contributed by atoms with Gasteiger partial charge in [-0.15, -0.1) is 0 Å². The van der Waals surface area contributed by atoms with Gasteiger partial charge in [-0.05, 0) is 74.8 Å². The second-order valence-electron chi connectivity index (χ2n) is 7.59. The Balaban J connectivity index is 2.24. The van der Waals surface area contributed by atoms with Crippen LogP contribution in [0, 0.1) is 17.3 Å². The molecule has 1 aromatic rings. The molecular weight excluding hydrogens is 288 g/mol. The maximum Gasteiger partial charge on any atom is 0.303 e. The van der Waals surface area contributed by atoms with Crippen molar-refractivity contribution in [2.24, 2.45) is 17.3 Å². The Morgan fingerprint density at radius 2 is 2.17 bits per heavy atom. The van der Waals surface area contributed by atoms with Gasteiger partial charge in [-0.25, -0.2) is 0 Å². The SMILES string of the molecule is CC(C)=C1CCC(C)C(C)(CCc2ccoc2)C1CCC(=O)O. The van der Waals surface area contributed by atoms with Crippen LogP contribution in [-0.2, 0) is 11.2 Å². The van der Waals surface area contributed by atoms with Crippen LogP contribution in [0.1, 0.15) is 65.4 Å². The third kappa shape index (κ3) is 4.07. The Kier molecular flexibility index (Phi) is 5.72. The van der Waals surface area contributed by atoms with Crippen molar-refractivity contribution in [3.8, 4) is 0 Å². The van der Waals surface area contributed by atoms with Gasteiger partial charge in [0.25, 0.3) is 0 Å². The van der Waals surface area contributed by atoms with Gasteiger partial charge in [0.2, 0.25) is 0 Å². The summed E-state index contributed by atoms with van der Waals surface area (Å²) >= 11 is 0. The summed E-state index contributed by atoms with van der Waals surface area (Å²) in [5.41, 5.74) is 4.26. The molecule has 0 amide bonds. The molecule has 0 aliphatic heterocycles. The zero-order valence-electron chi connectivity index (χ0n) is 14.9. The monoisotopic (exact) mass is 318 g/mol. The van der Waals surface area contributed by atoms with Gasteiger partial charge in [-0.3, -0.25) is 4.79 Å². The quantitative estimate of drug-likeness (QED) is 0.708. The normalized spacial score (nSPS) is 27.9. The van der Waals surface area contributed by atoms with Crippen LogP contribution in [-0.4, -0.2) is 11.1 Å². The highest BCUT2D eigenvalue weighted by molar-refractivity contribution is 5.66. The minimum atomic E-state index is -0.687. The van der Waals surface area contributed by atoms with Crippen molar-refractivity contribution in [2.75, 3.05) is 0 Å². The van der Waals surface area contributed by atoms with Gasteiger partial charge < -0.3 is 9.52 Å². The predicted molar refractivity (Wildman–Crippen MR) is 92.3 cm³/mol. The number of allylic oxidation sites excluding steroid dienone is 2. The first-order valence-electron chi connectivity index (χ1n) is 8.73. The third-order valence-corrected chi connectivity index (χ3v) is 6.01. The second kappa shape index (κ2) is 7.37. The van der Waals surface area contributed by atoms with Gasteiger partial charge in [0.05, 0.1) is 12.5 Å². The van der Waals surface area contributed by atoms with Gasteiger partial charge in [-0.1, -0.05) is 25.0 Å². The molecule has 0 spiro atoms. The molecule has 1 saturated carbocycles. The van der Waals surface area contributed by atoms with E-state index in [0.29, 0.717) is 11.8 Å². The van der Waals surface area contributed by atoms with E-state index in [2.05, 4.69) is 27.7 Å². The van der Waals surface area contributed by atoms with Gasteiger partial charge in [-0.2, -0.15) is 0 Å². The maximum atomic E-state index is 11.1. The Bertz CT molecular complexity index is 551. The maximum absolute atomic E-state index is 11.1. The summed E-state index contributed by atoms with van der Waals surface area (Å²) < 4.78 is 5.19. The lowest BCUT2D eigenvalue weighted by atomic mass is 9.56. The number of carboxylic acid groups (broad SMARTS) is 1. The number of carbonyl (C=O) groups is 1. The van der Waals surface area contributed by atoms with Crippen molar-refractivity contribution < 1.29 is 14.3 Å². The lowest BCUT2D eigenvalue weighted by Gasteiger charge is -2.49. The summed E-state index contributed by atoms with van der Waals surface area (Å²) in [5.74, 6) is 0.295. The Morgan fingerprint density at radius 3 is 2.74 bits per heavy atom. The van der Waals surface area contributed by atoms with Crippen molar-refractivity contribution in [2.45, 2.75) is 66.2 Å². The third-order valence-electron chi connectivity index (χ3n) is 6.01. The first-order valence-corrected chi connectivity index (χ1v) is 8.73. The zero-order chi connectivity index (χ0) is 17.0. The van der Waals surface area contributed by atoms with Crippen LogP contribution in [0.5, 0.6) is 0 Å². The first-order chi connectivity index (χ1) is 10.8. The summed E-state index contributed by atoms with van der Waals surface area (Å²) in [6, 6.07) is 2.03. The number of hydrogen-bond donors (Lipinski definition) is 1. The van der Waals surface area contributed by atoms with E-state index < -0.39 is 5.97 Å². The van der Waals surface area contributed by atoms with E-state index in [0.717, 1.165) is 25.7 Å². The van der Waals surface area contributed by atoms with Crippen LogP contribution in [0.4, 0.5) is 0 Å².